The quantitative estimate of drug-likeness (QED) is 0.837. The first-order chi connectivity index (χ1) is 10.1. The minimum Gasteiger partial charge on any atom is -0.362 e. The normalized spacial score (nSPS) is 12.0. The minimum absolute atomic E-state index is 0.118. The van der Waals surface area contributed by atoms with Crippen LogP contribution >= 0.6 is 11.6 Å². The zero-order valence-corrected chi connectivity index (χ0v) is 12.8. The van der Waals surface area contributed by atoms with Crippen LogP contribution in [-0.4, -0.2) is 16.5 Å². The van der Waals surface area contributed by atoms with Gasteiger partial charge in [-0.2, -0.15) is 4.98 Å². The Morgan fingerprint density at radius 1 is 1.38 bits per heavy atom. The molecule has 0 aliphatic rings. The summed E-state index contributed by atoms with van der Waals surface area (Å²) in [7, 11) is 0. The van der Waals surface area contributed by atoms with Crippen molar-refractivity contribution in [2.24, 2.45) is 0 Å². The lowest BCUT2D eigenvalue weighted by Crippen LogP contribution is -2.11. The first-order valence-electron chi connectivity index (χ1n) is 6.88. The lowest BCUT2D eigenvalue weighted by atomic mass is 10.1. The Kier molecular flexibility index (Phi) is 5.33. The first kappa shape index (κ1) is 15.5. The monoisotopic (exact) mass is 308 g/mol. The molecule has 112 valence electrons. The van der Waals surface area contributed by atoms with Crippen molar-refractivity contribution in [2.75, 3.05) is 17.2 Å². The molecule has 2 aromatic rings. The summed E-state index contributed by atoms with van der Waals surface area (Å²) in [5, 5.41) is 6.71. The summed E-state index contributed by atoms with van der Waals surface area (Å²) < 4.78 is 13.3. The van der Waals surface area contributed by atoms with Gasteiger partial charge >= 0.3 is 0 Å². The molecule has 21 heavy (non-hydrogen) atoms. The topological polar surface area (TPSA) is 49.8 Å². The highest BCUT2D eigenvalue weighted by molar-refractivity contribution is 6.32. The smallest absolute Gasteiger partial charge is 0.224 e. The van der Waals surface area contributed by atoms with E-state index in [-0.39, 0.29) is 11.9 Å². The fraction of sp³-hybridized carbons (Fsp3) is 0.333. The molecule has 1 aromatic heterocycles. The maximum Gasteiger partial charge on any atom is 0.224 e. The molecule has 0 spiro atoms. The molecule has 0 aliphatic carbocycles. The Balaban J connectivity index is 2.14. The summed E-state index contributed by atoms with van der Waals surface area (Å²) in [4.78, 5) is 8.46. The van der Waals surface area contributed by atoms with Crippen LogP contribution in [0, 0.1) is 5.82 Å². The van der Waals surface area contributed by atoms with E-state index in [0.717, 1.165) is 18.5 Å². The standard InChI is InChI=1S/C15H18ClFN4/c1-3-7-18-15-19-9-13(16)14(21-15)20-10(2)11-5-4-6-12(17)8-11/h4-6,8-10H,3,7H2,1-2H3,(H2,18,19,20,21). The van der Waals surface area contributed by atoms with E-state index in [9.17, 15) is 4.39 Å². The van der Waals surface area contributed by atoms with Crippen molar-refractivity contribution in [1.82, 2.24) is 9.97 Å². The molecule has 2 N–H and O–H groups in total. The van der Waals surface area contributed by atoms with E-state index in [1.54, 1.807) is 12.3 Å². The molecule has 2 rings (SSSR count). The Bertz CT molecular complexity index is 606. The lowest BCUT2D eigenvalue weighted by molar-refractivity contribution is 0.623. The van der Waals surface area contributed by atoms with Gasteiger partial charge in [0.2, 0.25) is 5.95 Å². The number of hydrogen-bond acceptors (Lipinski definition) is 4. The van der Waals surface area contributed by atoms with Crippen LogP contribution in [-0.2, 0) is 0 Å². The Labute approximate surface area is 128 Å². The second-order valence-electron chi connectivity index (χ2n) is 4.74. The Morgan fingerprint density at radius 2 is 2.19 bits per heavy atom. The predicted octanol–water partition coefficient (Wildman–Crippen LogP) is 4.26. The van der Waals surface area contributed by atoms with Crippen molar-refractivity contribution >= 4 is 23.4 Å². The highest BCUT2D eigenvalue weighted by Crippen LogP contribution is 2.25. The van der Waals surface area contributed by atoms with Crippen LogP contribution < -0.4 is 10.6 Å². The third-order valence-corrected chi connectivity index (χ3v) is 3.26. The first-order valence-corrected chi connectivity index (χ1v) is 7.26. The molecule has 0 bridgehead atoms. The van der Waals surface area contributed by atoms with Crippen LogP contribution in [0.1, 0.15) is 31.9 Å². The molecule has 0 fully saturated rings. The molecule has 1 unspecified atom stereocenters. The van der Waals surface area contributed by atoms with Gasteiger partial charge < -0.3 is 10.6 Å². The van der Waals surface area contributed by atoms with Gasteiger partial charge in [-0.3, -0.25) is 0 Å². The molecule has 1 atom stereocenters. The van der Waals surface area contributed by atoms with E-state index >= 15 is 0 Å². The number of aromatic nitrogens is 2. The molecule has 0 amide bonds. The molecule has 4 nitrogen and oxygen atoms in total. The Hall–Kier alpha value is -1.88. The van der Waals surface area contributed by atoms with Crippen molar-refractivity contribution in [1.29, 1.82) is 0 Å². The summed E-state index contributed by atoms with van der Waals surface area (Å²) in [6.45, 7) is 4.78. The average Bonchev–Trinajstić information content (AvgIpc) is 2.48. The van der Waals surface area contributed by atoms with Crippen molar-refractivity contribution in [3.05, 3.63) is 46.9 Å². The van der Waals surface area contributed by atoms with Crippen LogP contribution in [0.5, 0.6) is 0 Å². The van der Waals surface area contributed by atoms with Crippen LogP contribution in [0.15, 0.2) is 30.5 Å². The second kappa shape index (κ2) is 7.22. The fourth-order valence-electron chi connectivity index (χ4n) is 1.85. The molecule has 1 aromatic carbocycles. The SMILES string of the molecule is CCCNc1ncc(Cl)c(NC(C)c2cccc(F)c2)n1. The van der Waals surface area contributed by atoms with Gasteiger partial charge in [0.15, 0.2) is 5.82 Å². The molecular formula is C15H18ClFN4. The van der Waals surface area contributed by atoms with E-state index in [1.165, 1.54) is 12.1 Å². The zero-order chi connectivity index (χ0) is 15.2. The van der Waals surface area contributed by atoms with Crippen LogP contribution in [0.2, 0.25) is 5.02 Å². The number of rotatable bonds is 6. The van der Waals surface area contributed by atoms with Gasteiger partial charge in [-0.05, 0) is 31.0 Å². The highest BCUT2D eigenvalue weighted by Gasteiger charge is 2.11. The molecule has 0 aliphatic heterocycles. The number of nitrogens with zero attached hydrogens (tertiary/aromatic N) is 2. The van der Waals surface area contributed by atoms with E-state index in [2.05, 4.69) is 27.5 Å². The number of hydrogen-bond donors (Lipinski definition) is 2. The van der Waals surface area contributed by atoms with Gasteiger partial charge in [-0.1, -0.05) is 30.7 Å². The largest absolute Gasteiger partial charge is 0.362 e. The highest BCUT2D eigenvalue weighted by atomic mass is 35.5. The predicted molar refractivity (Wildman–Crippen MR) is 84.3 cm³/mol. The van der Waals surface area contributed by atoms with E-state index < -0.39 is 0 Å². The third-order valence-electron chi connectivity index (χ3n) is 2.98. The zero-order valence-electron chi connectivity index (χ0n) is 12.0. The summed E-state index contributed by atoms with van der Waals surface area (Å²) in [5.74, 6) is 0.789. The van der Waals surface area contributed by atoms with Crippen LogP contribution in [0.4, 0.5) is 16.2 Å². The van der Waals surface area contributed by atoms with Gasteiger partial charge in [0.1, 0.15) is 10.8 Å². The van der Waals surface area contributed by atoms with Crippen LogP contribution in [0.25, 0.3) is 0 Å². The fourth-order valence-corrected chi connectivity index (χ4v) is 2.00. The van der Waals surface area contributed by atoms with E-state index in [1.807, 2.05) is 13.0 Å². The van der Waals surface area contributed by atoms with Gasteiger partial charge in [0, 0.05) is 6.54 Å². The molecule has 0 saturated heterocycles. The lowest BCUT2D eigenvalue weighted by Gasteiger charge is -2.16. The van der Waals surface area contributed by atoms with Crippen molar-refractivity contribution in [3.8, 4) is 0 Å². The van der Waals surface area contributed by atoms with Gasteiger partial charge in [0.05, 0.1) is 12.2 Å². The van der Waals surface area contributed by atoms with E-state index in [4.69, 9.17) is 11.6 Å². The maximum absolute atomic E-state index is 13.3. The van der Waals surface area contributed by atoms with E-state index in [0.29, 0.717) is 16.8 Å². The molecule has 1 heterocycles. The number of anilines is 2. The molecular weight excluding hydrogens is 291 g/mol. The number of nitrogens with one attached hydrogen (secondary N) is 2. The summed E-state index contributed by atoms with van der Waals surface area (Å²) in [6, 6.07) is 6.32. The number of halogens is 2. The average molecular weight is 309 g/mol. The van der Waals surface area contributed by atoms with Crippen LogP contribution in [0.3, 0.4) is 0 Å². The van der Waals surface area contributed by atoms with Crippen molar-refractivity contribution in [3.63, 3.8) is 0 Å². The van der Waals surface area contributed by atoms with Gasteiger partial charge in [-0.15, -0.1) is 0 Å². The Morgan fingerprint density at radius 3 is 2.90 bits per heavy atom. The third kappa shape index (κ3) is 4.29. The van der Waals surface area contributed by atoms with Gasteiger partial charge in [-0.25, -0.2) is 9.37 Å². The summed E-state index contributed by atoms with van der Waals surface area (Å²) >= 11 is 6.10. The van der Waals surface area contributed by atoms with Gasteiger partial charge in [0.25, 0.3) is 0 Å². The minimum atomic E-state index is -0.264. The van der Waals surface area contributed by atoms with Crippen molar-refractivity contribution < 1.29 is 4.39 Å². The summed E-state index contributed by atoms with van der Waals surface area (Å²) in [5.41, 5.74) is 0.827. The summed E-state index contributed by atoms with van der Waals surface area (Å²) in [6.07, 6.45) is 2.53. The molecule has 0 radical (unpaired) electrons. The number of benzene rings is 1. The van der Waals surface area contributed by atoms with Crippen molar-refractivity contribution in [2.45, 2.75) is 26.3 Å². The molecule has 6 heteroatoms. The maximum atomic E-state index is 13.3. The molecule has 0 saturated carbocycles. The second-order valence-corrected chi connectivity index (χ2v) is 5.15.